The van der Waals surface area contributed by atoms with Crippen LogP contribution in [0.3, 0.4) is 0 Å². The van der Waals surface area contributed by atoms with Gasteiger partial charge in [-0.2, -0.15) is 5.10 Å². The van der Waals surface area contributed by atoms with Crippen LogP contribution in [0.15, 0.2) is 47.6 Å². The van der Waals surface area contributed by atoms with Gasteiger partial charge in [0, 0.05) is 5.56 Å². The highest BCUT2D eigenvalue weighted by Gasteiger charge is 2.15. The Kier molecular flexibility index (Phi) is 7.18. The molecule has 0 saturated heterocycles. The van der Waals surface area contributed by atoms with Gasteiger partial charge in [-0.15, -0.1) is 0 Å². The number of amides is 2. The number of nitrogens with one attached hydrogen (secondary N) is 2. The molecule has 8 nitrogen and oxygen atoms in total. The van der Waals surface area contributed by atoms with E-state index in [1.807, 2.05) is 6.92 Å². The summed E-state index contributed by atoms with van der Waals surface area (Å²) in [4.78, 5) is 24.0. The number of carbonyl (C=O) groups is 2. The van der Waals surface area contributed by atoms with Crippen LogP contribution in [0.4, 0.5) is 5.69 Å². The predicted molar refractivity (Wildman–Crippen MR) is 102 cm³/mol. The number of rotatable bonds is 7. The molecule has 2 aromatic rings. The van der Waals surface area contributed by atoms with Crippen molar-refractivity contribution in [3.8, 4) is 17.2 Å². The minimum Gasteiger partial charge on any atom is -0.497 e. The molecule has 27 heavy (non-hydrogen) atoms. The third kappa shape index (κ3) is 5.46. The Morgan fingerprint density at radius 1 is 1.04 bits per heavy atom. The standard InChI is InChI=1S/C19H21N3O5/c1-4-27-17-8-6-5-7-15(17)21-18(23)19(24)22-20-12-13-11-14(25-2)9-10-16(13)26-3/h5-12H,4H2,1-3H3,(H,21,23)(H,22,24)/b20-12+. The van der Waals surface area contributed by atoms with Crippen molar-refractivity contribution in [1.82, 2.24) is 5.43 Å². The molecular weight excluding hydrogens is 350 g/mol. The zero-order valence-electron chi connectivity index (χ0n) is 15.3. The van der Waals surface area contributed by atoms with Crippen LogP contribution in [0.5, 0.6) is 17.2 Å². The van der Waals surface area contributed by atoms with Crippen LogP contribution in [0.2, 0.25) is 0 Å². The minimum atomic E-state index is -0.917. The van der Waals surface area contributed by atoms with Crippen molar-refractivity contribution >= 4 is 23.7 Å². The zero-order chi connectivity index (χ0) is 19.6. The Morgan fingerprint density at radius 3 is 2.52 bits per heavy atom. The van der Waals surface area contributed by atoms with Gasteiger partial charge >= 0.3 is 11.8 Å². The topological polar surface area (TPSA) is 98.2 Å². The SMILES string of the molecule is CCOc1ccccc1NC(=O)C(=O)N/N=C/c1cc(OC)ccc1OC. The summed E-state index contributed by atoms with van der Waals surface area (Å²) in [6.45, 7) is 2.26. The van der Waals surface area contributed by atoms with Gasteiger partial charge in [0.15, 0.2) is 0 Å². The van der Waals surface area contributed by atoms with Crippen LogP contribution in [-0.2, 0) is 9.59 Å². The van der Waals surface area contributed by atoms with Crippen molar-refractivity contribution in [3.05, 3.63) is 48.0 Å². The number of hydrogen-bond acceptors (Lipinski definition) is 6. The maximum Gasteiger partial charge on any atom is 0.329 e. The van der Waals surface area contributed by atoms with Gasteiger partial charge in [-0.25, -0.2) is 5.43 Å². The molecule has 2 N–H and O–H groups in total. The zero-order valence-corrected chi connectivity index (χ0v) is 15.3. The molecule has 0 atom stereocenters. The number of ether oxygens (including phenoxy) is 3. The van der Waals surface area contributed by atoms with Crippen molar-refractivity contribution in [2.75, 3.05) is 26.1 Å². The van der Waals surface area contributed by atoms with Crippen LogP contribution < -0.4 is 25.0 Å². The van der Waals surface area contributed by atoms with Gasteiger partial charge < -0.3 is 19.5 Å². The number of carbonyl (C=O) groups excluding carboxylic acids is 2. The third-order valence-corrected chi connectivity index (χ3v) is 3.45. The highest BCUT2D eigenvalue weighted by atomic mass is 16.5. The number of para-hydroxylation sites is 2. The Balaban J connectivity index is 2.01. The average Bonchev–Trinajstić information content (AvgIpc) is 2.69. The molecule has 0 fully saturated rings. The lowest BCUT2D eigenvalue weighted by Crippen LogP contribution is -2.32. The molecule has 2 rings (SSSR count). The first kappa shape index (κ1) is 19.8. The second-order valence-corrected chi connectivity index (χ2v) is 5.19. The smallest absolute Gasteiger partial charge is 0.329 e. The monoisotopic (exact) mass is 371 g/mol. The molecule has 0 heterocycles. The van der Waals surface area contributed by atoms with E-state index in [4.69, 9.17) is 14.2 Å². The Morgan fingerprint density at radius 2 is 1.81 bits per heavy atom. The van der Waals surface area contributed by atoms with E-state index in [1.54, 1.807) is 42.5 Å². The van der Waals surface area contributed by atoms with Gasteiger partial charge in [-0.3, -0.25) is 9.59 Å². The Bertz CT molecular complexity index is 836. The summed E-state index contributed by atoms with van der Waals surface area (Å²) >= 11 is 0. The molecule has 0 bridgehead atoms. The molecule has 0 unspecified atom stereocenters. The van der Waals surface area contributed by atoms with Gasteiger partial charge in [0.1, 0.15) is 17.2 Å². The third-order valence-electron chi connectivity index (χ3n) is 3.45. The van der Waals surface area contributed by atoms with E-state index in [9.17, 15) is 9.59 Å². The van der Waals surface area contributed by atoms with Gasteiger partial charge in [-0.1, -0.05) is 12.1 Å². The van der Waals surface area contributed by atoms with Crippen molar-refractivity contribution in [2.45, 2.75) is 6.92 Å². The molecule has 0 spiro atoms. The fourth-order valence-corrected chi connectivity index (χ4v) is 2.18. The predicted octanol–water partition coefficient (Wildman–Crippen LogP) is 2.19. The summed E-state index contributed by atoms with van der Waals surface area (Å²) in [6, 6.07) is 12.0. The van der Waals surface area contributed by atoms with Gasteiger partial charge in [-0.05, 0) is 37.3 Å². The van der Waals surface area contributed by atoms with E-state index >= 15 is 0 Å². The van der Waals surface area contributed by atoms with Gasteiger partial charge in [0.25, 0.3) is 0 Å². The quantitative estimate of drug-likeness (QED) is 0.442. The first-order valence-corrected chi connectivity index (χ1v) is 8.17. The molecule has 0 aliphatic rings. The fourth-order valence-electron chi connectivity index (χ4n) is 2.18. The highest BCUT2D eigenvalue weighted by Crippen LogP contribution is 2.23. The van der Waals surface area contributed by atoms with Crippen molar-refractivity contribution in [3.63, 3.8) is 0 Å². The molecular formula is C19H21N3O5. The van der Waals surface area contributed by atoms with Crippen molar-refractivity contribution in [2.24, 2.45) is 5.10 Å². The average molecular weight is 371 g/mol. The van der Waals surface area contributed by atoms with Crippen LogP contribution >= 0.6 is 0 Å². The molecule has 0 radical (unpaired) electrons. The number of benzene rings is 2. The molecule has 0 aliphatic carbocycles. The minimum absolute atomic E-state index is 0.401. The molecule has 8 heteroatoms. The summed E-state index contributed by atoms with van der Waals surface area (Å²) in [5.74, 6) is -0.153. The fraction of sp³-hybridized carbons (Fsp3) is 0.211. The number of hydrogen-bond donors (Lipinski definition) is 2. The van der Waals surface area contributed by atoms with Crippen LogP contribution in [0, 0.1) is 0 Å². The van der Waals surface area contributed by atoms with E-state index in [0.717, 1.165) is 0 Å². The van der Waals surface area contributed by atoms with E-state index < -0.39 is 11.8 Å². The molecule has 2 aromatic carbocycles. The summed E-state index contributed by atoms with van der Waals surface area (Å²) in [7, 11) is 3.05. The summed E-state index contributed by atoms with van der Waals surface area (Å²) in [6.07, 6.45) is 1.36. The first-order valence-electron chi connectivity index (χ1n) is 8.17. The maximum absolute atomic E-state index is 12.0. The normalized spacial score (nSPS) is 10.3. The number of nitrogens with zero attached hydrogens (tertiary/aromatic N) is 1. The lowest BCUT2D eigenvalue weighted by molar-refractivity contribution is -0.136. The lowest BCUT2D eigenvalue weighted by atomic mass is 10.2. The molecule has 2 amide bonds. The van der Waals surface area contributed by atoms with Crippen LogP contribution in [0.1, 0.15) is 12.5 Å². The molecule has 0 aliphatic heterocycles. The molecule has 142 valence electrons. The lowest BCUT2D eigenvalue weighted by Gasteiger charge is -2.10. The second kappa shape index (κ2) is 9.81. The highest BCUT2D eigenvalue weighted by molar-refractivity contribution is 6.39. The molecule has 0 saturated carbocycles. The van der Waals surface area contributed by atoms with E-state index in [0.29, 0.717) is 35.1 Å². The Hall–Kier alpha value is -3.55. The van der Waals surface area contributed by atoms with Crippen LogP contribution in [-0.4, -0.2) is 38.9 Å². The maximum atomic E-state index is 12.0. The van der Waals surface area contributed by atoms with Gasteiger partial charge in [0.05, 0.1) is 32.7 Å². The number of anilines is 1. The first-order chi connectivity index (χ1) is 13.1. The van der Waals surface area contributed by atoms with E-state index in [-0.39, 0.29) is 0 Å². The van der Waals surface area contributed by atoms with Crippen LogP contribution in [0.25, 0.3) is 0 Å². The molecule has 0 aromatic heterocycles. The second-order valence-electron chi connectivity index (χ2n) is 5.19. The summed E-state index contributed by atoms with van der Waals surface area (Å²) in [5, 5.41) is 6.28. The largest absolute Gasteiger partial charge is 0.497 e. The summed E-state index contributed by atoms with van der Waals surface area (Å²) in [5.41, 5.74) is 3.16. The number of methoxy groups -OCH3 is 2. The van der Waals surface area contributed by atoms with Gasteiger partial charge in [0.2, 0.25) is 0 Å². The van der Waals surface area contributed by atoms with Crippen molar-refractivity contribution in [1.29, 1.82) is 0 Å². The van der Waals surface area contributed by atoms with E-state index in [1.165, 1.54) is 20.4 Å². The number of hydrazone groups is 1. The Labute approximate surface area is 157 Å². The van der Waals surface area contributed by atoms with E-state index in [2.05, 4.69) is 15.8 Å². The summed E-state index contributed by atoms with van der Waals surface area (Å²) < 4.78 is 15.8. The van der Waals surface area contributed by atoms with Crippen molar-refractivity contribution < 1.29 is 23.8 Å².